The smallest absolute Gasteiger partial charge is 0.242 e. The monoisotopic (exact) mass is 376 g/mol. The first-order valence-electron chi connectivity index (χ1n) is 8.19. The largest absolute Gasteiger partial charge is 0.496 e. The van der Waals surface area contributed by atoms with E-state index in [2.05, 4.69) is 10.0 Å². The van der Waals surface area contributed by atoms with Crippen molar-refractivity contribution in [1.82, 2.24) is 4.72 Å². The summed E-state index contributed by atoms with van der Waals surface area (Å²) in [6.07, 6.45) is 0. The van der Waals surface area contributed by atoms with Crippen molar-refractivity contribution in [3.8, 4) is 5.75 Å². The predicted molar refractivity (Wildman–Crippen MR) is 102 cm³/mol. The first kappa shape index (κ1) is 19.9. The summed E-state index contributed by atoms with van der Waals surface area (Å²) in [5.41, 5.74) is 3.36. The molecule has 0 aliphatic heterocycles. The maximum absolute atomic E-state index is 12.5. The Morgan fingerprint density at radius 2 is 1.77 bits per heavy atom. The lowest BCUT2D eigenvalue weighted by atomic mass is 10.1. The number of anilines is 1. The first-order chi connectivity index (χ1) is 12.2. The molecule has 0 fully saturated rings. The van der Waals surface area contributed by atoms with E-state index in [1.165, 1.54) is 26.2 Å². The molecule has 2 aromatic rings. The number of ether oxygens (including phenoxy) is 1. The minimum Gasteiger partial charge on any atom is -0.496 e. The normalized spacial score (nSPS) is 12.5. The molecule has 6 nitrogen and oxygen atoms in total. The number of carbonyl (C=O) groups is 1. The van der Waals surface area contributed by atoms with Crippen LogP contribution in [0.15, 0.2) is 41.3 Å². The molecule has 0 bridgehead atoms. The minimum atomic E-state index is -3.83. The number of methoxy groups -OCH3 is 1. The summed E-state index contributed by atoms with van der Waals surface area (Å²) in [5, 5.41) is 2.77. The number of sulfonamides is 1. The van der Waals surface area contributed by atoms with Gasteiger partial charge in [0, 0.05) is 5.69 Å². The molecule has 2 rings (SSSR count). The van der Waals surface area contributed by atoms with Crippen LogP contribution in [0, 0.1) is 20.8 Å². The Labute approximate surface area is 154 Å². The van der Waals surface area contributed by atoms with E-state index in [4.69, 9.17) is 4.74 Å². The zero-order valence-corrected chi connectivity index (χ0v) is 16.4. The molecular weight excluding hydrogens is 352 g/mol. The second kappa shape index (κ2) is 7.88. The molecular formula is C19H24N2O4S. The van der Waals surface area contributed by atoms with Gasteiger partial charge >= 0.3 is 0 Å². The summed E-state index contributed by atoms with van der Waals surface area (Å²) in [4.78, 5) is 12.5. The van der Waals surface area contributed by atoms with Crippen molar-refractivity contribution in [1.29, 1.82) is 0 Å². The third-order valence-electron chi connectivity index (χ3n) is 4.26. The number of hydrogen-bond acceptors (Lipinski definition) is 4. The summed E-state index contributed by atoms with van der Waals surface area (Å²) >= 11 is 0. The molecule has 0 aliphatic rings. The van der Waals surface area contributed by atoms with E-state index in [-0.39, 0.29) is 4.90 Å². The number of rotatable bonds is 6. The van der Waals surface area contributed by atoms with E-state index in [9.17, 15) is 13.2 Å². The molecule has 0 aliphatic carbocycles. The van der Waals surface area contributed by atoms with Crippen LogP contribution in [-0.4, -0.2) is 27.5 Å². The topological polar surface area (TPSA) is 84.5 Å². The molecule has 140 valence electrons. The predicted octanol–water partition coefficient (Wildman–Crippen LogP) is 2.93. The van der Waals surface area contributed by atoms with E-state index >= 15 is 0 Å². The average molecular weight is 376 g/mol. The van der Waals surface area contributed by atoms with Crippen molar-refractivity contribution in [3.05, 3.63) is 53.1 Å². The molecule has 0 radical (unpaired) electrons. The summed E-state index contributed by atoms with van der Waals surface area (Å²) in [7, 11) is -2.31. The van der Waals surface area contributed by atoms with Crippen molar-refractivity contribution in [2.24, 2.45) is 0 Å². The van der Waals surface area contributed by atoms with Crippen molar-refractivity contribution in [3.63, 3.8) is 0 Å². The number of nitrogens with one attached hydrogen (secondary N) is 2. The van der Waals surface area contributed by atoms with Gasteiger partial charge in [0.15, 0.2) is 0 Å². The van der Waals surface area contributed by atoms with Crippen molar-refractivity contribution in [2.45, 2.75) is 38.6 Å². The molecule has 1 amide bonds. The first-order valence-corrected chi connectivity index (χ1v) is 9.68. The lowest BCUT2D eigenvalue weighted by Crippen LogP contribution is -2.41. The van der Waals surface area contributed by atoms with E-state index < -0.39 is 22.0 Å². The molecule has 1 atom stereocenters. The molecule has 2 N–H and O–H groups in total. The Bertz CT molecular complexity index is 923. The molecule has 0 unspecified atom stereocenters. The quantitative estimate of drug-likeness (QED) is 0.812. The fourth-order valence-corrected chi connectivity index (χ4v) is 3.79. The van der Waals surface area contributed by atoms with Gasteiger partial charge in [0.25, 0.3) is 0 Å². The summed E-state index contributed by atoms with van der Waals surface area (Å²) < 4.78 is 32.6. The molecule has 0 saturated heterocycles. The standard InChI is InChI=1S/C19H24N2O4S/c1-12-7-6-8-17(14(12)3)20-19(22)15(4)21-26(23,24)16-9-10-18(25-5)13(2)11-16/h6-11,15,21H,1-5H3,(H,20,22)/t15-/m0/s1. The Morgan fingerprint density at radius 3 is 2.38 bits per heavy atom. The van der Waals surface area contributed by atoms with Gasteiger partial charge in [-0.3, -0.25) is 4.79 Å². The molecule has 7 heteroatoms. The van der Waals surface area contributed by atoms with Crippen LogP contribution in [0.5, 0.6) is 5.75 Å². The summed E-state index contributed by atoms with van der Waals surface area (Å²) in [5.74, 6) is 0.178. The molecule has 0 saturated carbocycles. The highest BCUT2D eigenvalue weighted by molar-refractivity contribution is 7.89. The number of carbonyl (C=O) groups excluding carboxylic acids is 1. The van der Waals surface area contributed by atoms with Crippen molar-refractivity contribution >= 4 is 21.6 Å². The van der Waals surface area contributed by atoms with Crippen LogP contribution in [0.3, 0.4) is 0 Å². The van der Waals surface area contributed by atoms with Gasteiger partial charge in [0.1, 0.15) is 5.75 Å². The van der Waals surface area contributed by atoms with Crippen molar-refractivity contribution in [2.75, 3.05) is 12.4 Å². The van der Waals surface area contributed by atoms with E-state index in [0.717, 1.165) is 11.1 Å². The van der Waals surface area contributed by atoms with Crippen LogP contribution in [0.1, 0.15) is 23.6 Å². The SMILES string of the molecule is COc1ccc(S(=O)(=O)N[C@@H](C)C(=O)Nc2cccc(C)c2C)cc1C. The third-order valence-corrected chi connectivity index (χ3v) is 5.80. The second-order valence-corrected chi connectivity index (χ2v) is 7.93. The Kier molecular flexibility index (Phi) is 6.05. The van der Waals surface area contributed by atoms with Crippen LogP contribution in [-0.2, 0) is 14.8 Å². The number of hydrogen-bond donors (Lipinski definition) is 2. The van der Waals surface area contributed by atoms with Gasteiger partial charge in [-0.1, -0.05) is 12.1 Å². The van der Waals surface area contributed by atoms with Gasteiger partial charge in [0.2, 0.25) is 15.9 Å². The van der Waals surface area contributed by atoms with Crippen LogP contribution < -0.4 is 14.8 Å². The summed E-state index contributed by atoms with van der Waals surface area (Å²) in [6, 6.07) is 9.19. The maximum atomic E-state index is 12.5. The number of aryl methyl sites for hydroxylation is 2. The molecule has 0 aromatic heterocycles. The second-order valence-electron chi connectivity index (χ2n) is 6.21. The van der Waals surface area contributed by atoms with E-state index in [1.54, 1.807) is 19.1 Å². The van der Waals surface area contributed by atoms with Crippen LogP contribution in [0.4, 0.5) is 5.69 Å². The van der Waals surface area contributed by atoms with Crippen LogP contribution in [0.25, 0.3) is 0 Å². The van der Waals surface area contributed by atoms with E-state index in [1.807, 2.05) is 26.0 Å². The fraction of sp³-hybridized carbons (Fsp3) is 0.316. The lowest BCUT2D eigenvalue weighted by molar-refractivity contribution is -0.117. The van der Waals surface area contributed by atoms with E-state index in [0.29, 0.717) is 17.0 Å². The Balaban J connectivity index is 2.14. The molecule has 0 heterocycles. The number of amides is 1. The third kappa shape index (κ3) is 4.42. The van der Waals surface area contributed by atoms with Gasteiger partial charge in [-0.15, -0.1) is 0 Å². The Morgan fingerprint density at radius 1 is 1.08 bits per heavy atom. The van der Waals surface area contributed by atoms with Gasteiger partial charge in [-0.05, 0) is 68.7 Å². The minimum absolute atomic E-state index is 0.0854. The average Bonchev–Trinajstić information content (AvgIpc) is 2.58. The van der Waals surface area contributed by atoms with Crippen LogP contribution in [0.2, 0.25) is 0 Å². The van der Waals surface area contributed by atoms with Gasteiger partial charge < -0.3 is 10.1 Å². The van der Waals surface area contributed by atoms with Gasteiger partial charge in [0.05, 0.1) is 18.0 Å². The highest BCUT2D eigenvalue weighted by atomic mass is 32.2. The fourth-order valence-electron chi connectivity index (χ4n) is 2.50. The highest BCUT2D eigenvalue weighted by Gasteiger charge is 2.23. The Hall–Kier alpha value is -2.38. The zero-order chi connectivity index (χ0) is 19.5. The highest BCUT2D eigenvalue weighted by Crippen LogP contribution is 2.22. The van der Waals surface area contributed by atoms with Crippen molar-refractivity contribution < 1.29 is 17.9 Å². The molecule has 2 aromatic carbocycles. The summed E-state index contributed by atoms with van der Waals surface area (Å²) in [6.45, 7) is 7.12. The van der Waals surface area contributed by atoms with Gasteiger partial charge in [-0.2, -0.15) is 4.72 Å². The lowest BCUT2D eigenvalue weighted by Gasteiger charge is -2.16. The van der Waals surface area contributed by atoms with Crippen LogP contribution >= 0.6 is 0 Å². The molecule has 0 spiro atoms. The van der Waals surface area contributed by atoms with Gasteiger partial charge in [-0.25, -0.2) is 8.42 Å². The maximum Gasteiger partial charge on any atom is 0.242 e. The number of benzene rings is 2. The molecule has 26 heavy (non-hydrogen) atoms. The zero-order valence-electron chi connectivity index (χ0n) is 15.6.